The lowest BCUT2D eigenvalue weighted by atomic mass is 9.95. The fourth-order valence-corrected chi connectivity index (χ4v) is 3.26. The second-order valence-corrected chi connectivity index (χ2v) is 6.49. The molecule has 1 aliphatic rings. The highest BCUT2D eigenvalue weighted by Gasteiger charge is 2.24. The third kappa shape index (κ3) is 2.84. The molecule has 0 unspecified atom stereocenters. The molecule has 0 atom stereocenters. The molecule has 1 N–H and O–H groups in total. The minimum atomic E-state index is -0.222. The SMILES string of the molecule is CCC(=O)N1CCC=C(c2[nH]c3c(C#N)cnn3c(=O)c2C(C)C)C1. The summed E-state index contributed by atoms with van der Waals surface area (Å²) in [5, 5.41) is 13.3. The third-order valence-corrected chi connectivity index (χ3v) is 4.53. The highest BCUT2D eigenvalue weighted by atomic mass is 16.2. The molecule has 1 aliphatic heterocycles. The molecule has 7 heteroatoms. The minimum Gasteiger partial charge on any atom is -0.338 e. The fourth-order valence-electron chi connectivity index (χ4n) is 3.26. The summed E-state index contributed by atoms with van der Waals surface area (Å²) < 4.78 is 1.25. The Kier molecular flexibility index (Phi) is 4.45. The molecule has 0 bridgehead atoms. The summed E-state index contributed by atoms with van der Waals surface area (Å²) in [5.41, 5.74) is 2.75. The van der Waals surface area contributed by atoms with E-state index < -0.39 is 0 Å². The van der Waals surface area contributed by atoms with Gasteiger partial charge in [0.1, 0.15) is 11.6 Å². The van der Waals surface area contributed by atoms with E-state index in [4.69, 9.17) is 0 Å². The Hall–Kier alpha value is -2.88. The van der Waals surface area contributed by atoms with Gasteiger partial charge in [0.15, 0.2) is 5.65 Å². The lowest BCUT2D eigenvalue weighted by Crippen LogP contribution is -2.36. The van der Waals surface area contributed by atoms with E-state index in [0.717, 1.165) is 12.0 Å². The topological polar surface area (TPSA) is 94.3 Å². The number of fused-ring (bicyclic) bond motifs is 1. The Morgan fingerprint density at radius 1 is 1.48 bits per heavy atom. The minimum absolute atomic E-state index is 0.0176. The van der Waals surface area contributed by atoms with E-state index in [1.165, 1.54) is 10.7 Å². The number of amides is 1. The van der Waals surface area contributed by atoms with E-state index in [9.17, 15) is 14.9 Å². The summed E-state index contributed by atoms with van der Waals surface area (Å²) in [7, 11) is 0. The Balaban J connectivity index is 2.19. The highest BCUT2D eigenvalue weighted by molar-refractivity contribution is 5.80. The van der Waals surface area contributed by atoms with Crippen molar-refractivity contribution in [2.45, 2.75) is 39.5 Å². The lowest BCUT2D eigenvalue weighted by Gasteiger charge is -2.28. The molecule has 0 saturated heterocycles. The predicted molar refractivity (Wildman–Crippen MR) is 94.1 cm³/mol. The lowest BCUT2D eigenvalue weighted by molar-refractivity contribution is -0.130. The van der Waals surface area contributed by atoms with Crippen LogP contribution in [-0.4, -0.2) is 38.5 Å². The molecule has 0 aromatic carbocycles. The van der Waals surface area contributed by atoms with Gasteiger partial charge in [0.25, 0.3) is 5.56 Å². The number of carbonyl (C=O) groups is 1. The van der Waals surface area contributed by atoms with E-state index in [2.05, 4.69) is 22.2 Å². The van der Waals surface area contributed by atoms with Gasteiger partial charge in [0.2, 0.25) is 5.91 Å². The van der Waals surface area contributed by atoms with E-state index in [0.29, 0.717) is 42.0 Å². The predicted octanol–water partition coefficient (Wildman–Crippen LogP) is 2.04. The highest BCUT2D eigenvalue weighted by Crippen LogP contribution is 2.26. The van der Waals surface area contributed by atoms with Gasteiger partial charge >= 0.3 is 0 Å². The van der Waals surface area contributed by atoms with Gasteiger partial charge in [-0.25, -0.2) is 0 Å². The molecule has 130 valence electrons. The summed E-state index contributed by atoms with van der Waals surface area (Å²) in [5.74, 6) is 0.0817. The van der Waals surface area contributed by atoms with Gasteiger partial charge in [-0.1, -0.05) is 26.8 Å². The summed E-state index contributed by atoms with van der Waals surface area (Å²) >= 11 is 0. The van der Waals surface area contributed by atoms with Crippen molar-refractivity contribution in [2.75, 3.05) is 13.1 Å². The number of carbonyl (C=O) groups excluding carboxylic acids is 1. The first-order valence-electron chi connectivity index (χ1n) is 8.49. The maximum Gasteiger partial charge on any atom is 0.278 e. The van der Waals surface area contributed by atoms with Gasteiger partial charge in [-0.2, -0.15) is 14.9 Å². The molecule has 2 aromatic heterocycles. The van der Waals surface area contributed by atoms with Crippen molar-refractivity contribution in [3.63, 3.8) is 0 Å². The Morgan fingerprint density at radius 3 is 2.88 bits per heavy atom. The molecule has 0 radical (unpaired) electrons. The van der Waals surface area contributed by atoms with Crippen molar-refractivity contribution >= 4 is 17.1 Å². The number of nitrogens with one attached hydrogen (secondary N) is 1. The molecule has 1 amide bonds. The molecular weight excluding hydrogens is 318 g/mol. The van der Waals surface area contributed by atoms with Gasteiger partial charge in [0, 0.05) is 25.1 Å². The van der Waals surface area contributed by atoms with Crippen LogP contribution in [0.2, 0.25) is 0 Å². The first kappa shape index (κ1) is 17.0. The Bertz CT molecular complexity index is 958. The smallest absolute Gasteiger partial charge is 0.278 e. The molecule has 0 saturated carbocycles. The summed E-state index contributed by atoms with van der Waals surface area (Å²) in [6.07, 6.45) is 4.66. The zero-order chi connectivity index (χ0) is 18.1. The molecule has 7 nitrogen and oxygen atoms in total. The van der Waals surface area contributed by atoms with E-state index in [1.807, 2.05) is 25.7 Å². The number of nitriles is 1. The maximum absolute atomic E-state index is 12.9. The maximum atomic E-state index is 12.9. The van der Waals surface area contributed by atoms with Gasteiger partial charge in [-0.15, -0.1) is 0 Å². The number of rotatable bonds is 3. The van der Waals surface area contributed by atoms with Crippen LogP contribution in [0, 0.1) is 11.3 Å². The third-order valence-electron chi connectivity index (χ3n) is 4.53. The average molecular weight is 339 g/mol. The van der Waals surface area contributed by atoms with E-state index >= 15 is 0 Å². The summed E-state index contributed by atoms with van der Waals surface area (Å²) in [4.78, 5) is 30.0. The standard InChI is InChI=1S/C18H21N5O2/c1-4-14(24)22-7-5-6-12(10-22)16-15(11(2)3)18(25)23-17(21-16)13(8-19)9-20-23/h6,9,11,21H,4-5,7,10H2,1-3H3. The summed E-state index contributed by atoms with van der Waals surface area (Å²) in [6.45, 7) is 6.91. The van der Waals surface area contributed by atoms with E-state index in [1.54, 1.807) is 0 Å². The molecule has 0 fully saturated rings. The van der Waals surface area contributed by atoms with Crippen LogP contribution in [0.15, 0.2) is 17.1 Å². The van der Waals surface area contributed by atoms with Crippen LogP contribution in [0.3, 0.4) is 0 Å². The second kappa shape index (κ2) is 6.55. The van der Waals surface area contributed by atoms with Crippen molar-refractivity contribution in [1.29, 1.82) is 5.26 Å². The van der Waals surface area contributed by atoms with Crippen LogP contribution in [0.25, 0.3) is 11.2 Å². The molecule has 0 spiro atoms. The summed E-state index contributed by atoms with van der Waals surface area (Å²) in [6, 6.07) is 2.05. The van der Waals surface area contributed by atoms with Crippen molar-refractivity contribution in [3.8, 4) is 6.07 Å². The quantitative estimate of drug-likeness (QED) is 0.926. The van der Waals surface area contributed by atoms with Gasteiger partial charge in [-0.05, 0) is 17.9 Å². The monoisotopic (exact) mass is 339 g/mol. The molecule has 3 rings (SSSR count). The molecule has 0 aliphatic carbocycles. The van der Waals surface area contributed by atoms with Crippen molar-refractivity contribution in [2.24, 2.45) is 0 Å². The van der Waals surface area contributed by atoms with Crippen LogP contribution < -0.4 is 5.56 Å². The second-order valence-electron chi connectivity index (χ2n) is 6.49. The van der Waals surface area contributed by atoms with Crippen LogP contribution in [-0.2, 0) is 4.79 Å². The number of hydrogen-bond donors (Lipinski definition) is 1. The zero-order valence-electron chi connectivity index (χ0n) is 14.7. The van der Waals surface area contributed by atoms with Crippen molar-refractivity contribution in [3.05, 3.63) is 39.4 Å². The van der Waals surface area contributed by atoms with E-state index in [-0.39, 0.29) is 17.4 Å². The Labute approximate surface area is 145 Å². The normalized spacial score (nSPS) is 14.7. The van der Waals surface area contributed by atoms with Crippen LogP contribution in [0.4, 0.5) is 0 Å². The zero-order valence-corrected chi connectivity index (χ0v) is 14.7. The molecule has 25 heavy (non-hydrogen) atoms. The van der Waals surface area contributed by atoms with Crippen molar-refractivity contribution in [1.82, 2.24) is 19.5 Å². The molecular formula is C18H21N5O2. The van der Waals surface area contributed by atoms with Gasteiger partial charge < -0.3 is 9.88 Å². The van der Waals surface area contributed by atoms with Crippen LogP contribution >= 0.6 is 0 Å². The number of nitrogens with zero attached hydrogens (tertiary/aromatic N) is 4. The van der Waals surface area contributed by atoms with Crippen LogP contribution in [0.1, 0.15) is 56.4 Å². The number of H-pyrrole nitrogens is 1. The van der Waals surface area contributed by atoms with Gasteiger partial charge in [0.05, 0.1) is 11.9 Å². The molecule has 3 heterocycles. The number of hydrogen-bond acceptors (Lipinski definition) is 4. The fraction of sp³-hybridized carbons (Fsp3) is 0.444. The number of aromatic amines is 1. The number of aromatic nitrogens is 3. The largest absolute Gasteiger partial charge is 0.338 e. The van der Waals surface area contributed by atoms with Crippen molar-refractivity contribution < 1.29 is 4.79 Å². The average Bonchev–Trinajstić information content (AvgIpc) is 3.04. The first-order chi connectivity index (χ1) is 12.0. The van der Waals surface area contributed by atoms with Crippen LogP contribution in [0.5, 0.6) is 0 Å². The first-order valence-corrected chi connectivity index (χ1v) is 8.49. The van der Waals surface area contributed by atoms with Gasteiger partial charge in [-0.3, -0.25) is 9.59 Å². The Morgan fingerprint density at radius 2 is 2.24 bits per heavy atom. The molecule has 2 aromatic rings.